The second-order valence-electron chi connectivity index (χ2n) is 12.2. The molecule has 0 aromatic rings. The van der Waals surface area contributed by atoms with E-state index in [2.05, 4.69) is 44.2 Å². The van der Waals surface area contributed by atoms with E-state index in [1.54, 1.807) is 0 Å². The largest absolute Gasteiger partial charge is 0.462 e. The summed E-state index contributed by atoms with van der Waals surface area (Å²) in [6.45, 7) is 3.36. The Balaban J connectivity index is 2.63. The average molecular weight is 753 g/mol. The molecule has 294 valence electrons. The molecule has 1 rings (SSSR count). The van der Waals surface area contributed by atoms with Crippen LogP contribution in [-0.4, -0.2) is 96.0 Å². The van der Waals surface area contributed by atoms with Gasteiger partial charge in [-0.2, -0.15) is 8.42 Å². The van der Waals surface area contributed by atoms with E-state index in [0.29, 0.717) is 19.3 Å². The molecular weight excluding hydrogens is 692 g/mol. The van der Waals surface area contributed by atoms with Crippen molar-refractivity contribution in [3.63, 3.8) is 0 Å². The highest BCUT2D eigenvalue weighted by Crippen LogP contribution is 2.23. The minimum Gasteiger partial charge on any atom is -0.462 e. The quantitative estimate of drug-likeness (QED) is 0.0262. The molecule has 1 fully saturated rings. The second-order valence-corrected chi connectivity index (χ2v) is 13.7. The molecule has 0 amide bonds. The normalized spacial score (nSPS) is 22.3. The first-order valence-corrected chi connectivity index (χ1v) is 19.8. The summed E-state index contributed by atoms with van der Waals surface area (Å²) in [6, 6.07) is 0. The lowest BCUT2D eigenvalue weighted by molar-refractivity contribution is -0.297. The van der Waals surface area contributed by atoms with Crippen LogP contribution in [0.25, 0.3) is 0 Å². The summed E-state index contributed by atoms with van der Waals surface area (Å²) in [5.74, 6) is -2.13. The van der Waals surface area contributed by atoms with E-state index in [1.807, 2.05) is 54.7 Å². The van der Waals surface area contributed by atoms with Gasteiger partial charge in [-0.25, -0.2) is 0 Å². The van der Waals surface area contributed by atoms with Crippen molar-refractivity contribution in [1.29, 1.82) is 0 Å². The second kappa shape index (κ2) is 29.3. The van der Waals surface area contributed by atoms with E-state index in [4.69, 9.17) is 18.9 Å². The molecule has 0 aliphatic carbocycles. The van der Waals surface area contributed by atoms with Gasteiger partial charge in [0.1, 0.15) is 36.8 Å². The van der Waals surface area contributed by atoms with Gasteiger partial charge >= 0.3 is 11.9 Å². The van der Waals surface area contributed by atoms with Gasteiger partial charge in [-0.3, -0.25) is 14.1 Å². The van der Waals surface area contributed by atoms with Crippen LogP contribution in [0, 0.1) is 0 Å². The highest BCUT2D eigenvalue weighted by molar-refractivity contribution is 7.85. The summed E-state index contributed by atoms with van der Waals surface area (Å²) < 4.78 is 53.6. The molecule has 12 nitrogen and oxygen atoms in total. The van der Waals surface area contributed by atoms with Crippen LogP contribution in [0.4, 0.5) is 0 Å². The van der Waals surface area contributed by atoms with E-state index in [0.717, 1.165) is 44.9 Å². The minimum atomic E-state index is -4.61. The third kappa shape index (κ3) is 24.1. The Morgan fingerprint density at radius 1 is 0.673 bits per heavy atom. The maximum absolute atomic E-state index is 12.7. The van der Waals surface area contributed by atoms with Crippen molar-refractivity contribution in [2.75, 3.05) is 19.0 Å². The Hall–Kier alpha value is -3.17. The van der Waals surface area contributed by atoms with Crippen LogP contribution in [0.15, 0.2) is 85.1 Å². The van der Waals surface area contributed by atoms with Gasteiger partial charge in [0.2, 0.25) is 0 Å². The van der Waals surface area contributed by atoms with Crippen molar-refractivity contribution in [3.8, 4) is 0 Å². The molecule has 1 aliphatic rings. The molecule has 0 saturated carbocycles. The van der Waals surface area contributed by atoms with Crippen LogP contribution in [0.3, 0.4) is 0 Å². The monoisotopic (exact) mass is 752 g/mol. The minimum absolute atomic E-state index is 0.102. The molecule has 4 N–H and O–H groups in total. The van der Waals surface area contributed by atoms with E-state index >= 15 is 0 Å². The number of carbonyl (C=O) groups excluding carboxylic acids is 2. The van der Waals surface area contributed by atoms with Crippen molar-refractivity contribution in [3.05, 3.63) is 85.1 Å². The first-order valence-electron chi connectivity index (χ1n) is 18.2. The van der Waals surface area contributed by atoms with Crippen molar-refractivity contribution in [2.45, 2.75) is 128 Å². The maximum Gasteiger partial charge on any atom is 0.306 e. The molecule has 0 aromatic carbocycles. The Bertz CT molecular complexity index is 1300. The Kier molecular flexibility index (Phi) is 26.4. The highest BCUT2D eigenvalue weighted by Gasteiger charge is 2.46. The van der Waals surface area contributed by atoms with Gasteiger partial charge in [0.05, 0.1) is 6.61 Å². The topological polar surface area (TPSA) is 186 Å². The molecule has 13 heteroatoms. The molecule has 1 heterocycles. The van der Waals surface area contributed by atoms with Gasteiger partial charge in [-0.05, 0) is 57.8 Å². The first kappa shape index (κ1) is 46.9. The fraction of sp³-hybridized carbons (Fsp3) is 0.590. The molecule has 0 bridgehead atoms. The first-order chi connectivity index (χ1) is 25.0. The number of ether oxygens (including phenoxy) is 4. The third-order valence-corrected chi connectivity index (χ3v) is 8.31. The number of esters is 2. The number of unbranched alkanes of at least 4 members (excludes halogenated alkanes) is 4. The lowest BCUT2D eigenvalue weighted by atomic mass is 10.00. The smallest absolute Gasteiger partial charge is 0.306 e. The van der Waals surface area contributed by atoms with Crippen LogP contribution in [0.2, 0.25) is 0 Å². The summed E-state index contributed by atoms with van der Waals surface area (Å²) in [7, 11) is -4.61. The van der Waals surface area contributed by atoms with E-state index in [9.17, 15) is 37.9 Å². The summed E-state index contributed by atoms with van der Waals surface area (Å²) in [5.41, 5.74) is 0. The van der Waals surface area contributed by atoms with E-state index < -0.39 is 71.2 Å². The molecular formula is C39H60O12S. The third-order valence-electron chi connectivity index (χ3n) is 7.56. The molecule has 6 atom stereocenters. The maximum atomic E-state index is 12.7. The van der Waals surface area contributed by atoms with Gasteiger partial charge in [0.15, 0.2) is 12.4 Å². The molecule has 0 aromatic heterocycles. The zero-order chi connectivity index (χ0) is 38.5. The molecule has 1 aliphatic heterocycles. The number of aliphatic hydroxyl groups is 3. The Morgan fingerprint density at radius 3 is 1.94 bits per heavy atom. The fourth-order valence-corrected chi connectivity index (χ4v) is 5.46. The lowest BCUT2D eigenvalue weighted by Gasteiger charge is -2.40. The number of aliphatic hydroxyl groups excluding tert-OH is 3. The molecule has 3 unspecified atom stereocenters. The number of carbonyl (C=O) groups is 2. The lowest BCUT2D eigenvalue weighted by Crippen LogP contribution is -2.60. The van der Waals surface area contributed by atoms with Crippen LogP contribution < -0.4 is 0 Å². The van der Waals surface area contributed by atoms with Crippen molar-refractivity contribution in [1.82, 2.24) is 0 Å². The fourth-order valence-electron chi connectivity index (χ4n) is 4.77. The van der Waals surface area contributed by atoms with Crippen LogP contribution >= 0.6 is 0 Å². The Labute approximate surface area is 310 Å². The van der Waals surface area contributed by atoms with Crippen molar-refractivity contribution in [2.24, 2.45) is 0 Å². The predicted molar refractivity (Wildman–Crippen MR) is 201 cm³/mol. The predicted octanol–water partition coefficient (Wildman–Crippen LogP) is 5.77. The van der Waals surface area contributed by atoms with Crippen LogP contribution in [0.5, 0.6) is 0 Å². The van der Waals surface area contributed by atoms with Crippen molar-refractivity contribution < 1.29 is 56.8 Å². The van der Waals surface area contributed by atoms with E-state index in [-0.39, 0.29) is 19.4 Å². The van der Waals surface area contributed by atoms with Gasteiger partial charge < -0.3 is 34.3 Å². The SMILES string of the molecule is CC/C=C/C=C/C=C/C=C/CCCCCC(=O)OC(COC(=O)CCC/C=C/C/C=C/C/C=C/CC)CO[C@H]1O[C@H](CS(=O)(=O)O)[C@@H](O)C(O)C1O. The summed E-state index contributed by atoms with van der Waals surface area (Å²) in [5, 5.41) is 30.7. The average Bonchev–Trinajstić information content (AvgIpc) is 3.10. The van der Waals surface area contributed by atoms with Gasteiger partial charge in [0, 0.05) is 12.8 Å². The van der Waals surface area contributed by atoms with E-state index in [1.165, 1.54) is 0 Å². The van der Waals surface area contributed by atoms with Crippen LogP contribution in [0.1, 0.15) is 90.9 Å². The number of hydrogen-bond acceptors (Lipinski definition) is 11. The van der Waals surface area contributed by atoms with Gasteiger partial charge in [-0.1, -0.05) is 105 Å². The highest BCUT2D eigenvalue weighted by atomic mass is 32.2. The van der Waals surface area contributed by atoms with Crippen LogP contribution in [-0.2, 0) is 38.7 Å². The number of allylic oxidation sites excluding steroid dienone is 14. The summed E-state index contributed by atoms with van der Waals surface area (Å²) >= 11 is 0. The summed E-state index contributed by atoms with van der Waals surface area (Å²) in [6.07, 6.45) is 26.7. The number of rotatable bonds is 27. The molecule has 0 radical (unpaired) electrons. The Morgan fingerprint density at radius 2 is 1.27 bits per heavy atom. The number of hydrogen-bond donors (Lipinski definition) is 4. The van der Waals surface area contributed by atoms with Gasteiger partial charge in [0.25, 0.3) is 10.1 Å². The summed E-state index contributed by atoms with van der Waals surface area (Å²) in [4.78, 5) is 25.1. The van der Waals surface area contributed by atoms with Crippen molar-refractivity contribution >= 4 is 22.1 Å². The standard InChI is InChI=1S/C39H60O12S/c1-3-5-7-9-11-13-15-16-18-20-22-24-26-28-35(41)50-32(29-48-34(40)27-25-23-21-19-17-14-12-10-8-6-4-2)30-49-39-38(44)37(43)36(42)33(51-39)31-52(45,46)47/h5-9,11-16,18-19,21,32-33,36-39,42-44H,3-4,10,17,20,22-31H2,1-2H3,(H,45,46,47)/b7-5+,8-6+,11-9+,14-12+,15-13+,18-16+,21-19+/t32?,33-,36-,37?,38?,39+/m1/s1. The molecule has 52 heavy (non-hydrogen) atoms. The van der Waals surface area contributed by atoms with Gasteiger partial charge in [-0.15, -0.1) is 0 Å². The zero-order valence-electron chi connectivity index (χ0n) is 30.6. The zero-order valence-corrected chi connectivity index (χ0v) is 31.4. The molecule has 0 spiro atoms. The molecule has 1 saturated heterocycles.